The van der Waals surface area contributed by atoms with E-state index < -0.39 is 0 Å². The summed E-state index contributed by atoms with van der Waals surface area (Å²) in [6.07, 6.45) is 0. The van der Waals surface area contributed by atoms with Crippen molar-refractivity contribution in [2.45, 2.75) is 13.8 Å². The molecular formula is C18H16FNO2. The molecule has 0 unspecified atom stereocenters. The first-order chi connectivity index (χ1) is 10.6. The van der Waals surface area contributed by atoms with Crippen molar-refractivity contribution < 1.29 is 13.9 Å². The highest BCUT2D eigenvalue weighted by atomic mass is 19.1. The van der Waals surface area contributed by atoms with Crippen LogP contribution in [0.3, 0.4) is 0 Å². The molecule has 0 N–H and O–H groups in total. The van der Waals surface area contributed by atoms with Crippen molar-refractivity contribution in [2.75, 3.05) is 6.61 Å². The fourth-order valence-electron chi connectivity index (χ4n) is 2.53. The Morgan fingerprint density at radius 3 is 2.55 bits per heavy atom. The maximum absolute atomic E-state index is 13.2. The van der Waals surface area contributed by atoms with E-state index in [4.69, 9.17) is 4.74 Å². The van der Waals surface area contributed by atoms with Gasteiger partial charge in [0.15, 0.2) is 0 Å². The second-order valence-electron chi connectivity index (χ2n) is 5.12. The van der Waals surface area contributed by atoms with Crippen LogP contribution < -0.4 is 0 Å². The number of carbonyl (C=O) groups is 1. The molecule has 3 nitrogen and oxygen atoms in total. The van der Waals surface area contributed by atoms with Gasteiger partial charge in [0.1, 0.15) is 11.5 Å². The van der Waals surface area contributed by atoms with Crippen LogP contribution in [-0.4, -0.2) is 17.1 Å². The minimum atomic E-state index is -0.388. The Hall–Kier alpha value is -2.62. The molecule has 0 spiro atoms. The largest absolute Gasteiger partial charge is 0.461 e. The molecule has 0 aliphatic rings. The first-order valence-corrected chi connectivity index (χ1v) is 7.15. The Kier molecular flexibility index (Phi) is 3.67. The number of esters is 1. The first-order valence-electron chi connectivity index (χ1n) is 7.15. The third-order valence-corrected chi connectivity index (χ3v) is 3.53. The molecule has 0 radical (unpaired) electrons. The summed E-state index contributed by atoms with van der Waals surface area (Å²) in [6, 6.07) is 13.8. The highest BCUT2D eigenvalue weighted by molar-refractivity contribution is 5.97. The average molecular weight is 297 g/mol. The summed E-state index contributed by atoms with van der Waals surface area (Å²) in [7, 11) is 0. The summed E-state index contributed by atoms with van der Waals surface area (Å²) >= 11 is 0. The van der Waals surface area contributed by atoms with Gasteiger partial charge in [0.25, 0.3) is 0 Å². The molecule has 22 heavy (non-hydrogen) atoms. The number of rotatable bonds is 3. The second kappa shape index (κ2) is 5.64. The van der Waals surface area contributed by atoms with Crippen molar-refractivity contribution in [1.82, 2.24) is 4.57 Å². The smallest absolute Gasteiger partial charge is 0.355 e. The number of halogens is 1. The number of hydrogen-bond donors (Lipinski definition) is 0. The number of aryl methyl sites for hydroxylation is 1. The SMILES string of the molecule is CCOC(=O)c1cc2ccc(C)cc2n1-c1ccc(F)cc1. The molecule has 4 heteroatoms. The number of aromatic nitrogens is 1. The Morgan fingerprint density at radius 1 is 1.14 bits per heavy atom. The van der Waals surface area contributed by atoms with Crippen molar-refractivity contribution in [3.63, 3.8) is 0 Å². The Balaban J connectivity index is 2.27. The zero-order chi connectivity index (χ0) is 15.7. The zero-order valence-corrected chi connectivity index (χ0v) is 12.5. The lowest BCUT2D eigenvalue weighted by molar-refractivity contribution is 0.0517. The van der Waals surface area contributed by atoms with Crippen LogP contribution in [0.2, 0.25) is 0 Å². The zero-order valence-electron chi connectivity index (χ0n) is 12.5. The molecule has 2 aromatic carbocycles. The van der Waals surface area contributed by atoms with Crippen molar-refractivity contribution in [3.05, 3.63) is 65.6 Å². The number of nitrogens with zero attached hydrogens (tertiary/aromatic N) is 1. The molecule has 3 aromatic rings. The van der Waals surface area contributed by atoms with Crippen LogP contribution in [0.4, 0.5) is 4.39 Å². The standard InChI is InChI=1S/C18H16FNO2/c1-3-22-18(21)17-11-13-5-4-12(2)10-16(13)20(17)15-8-6-14(19)7-9-15/h4-11H,3H2,1-2H3. The fraction of sp³-hybridized carbons (Fsp3) is 0.167. The highest BCUT2D eigenvalue weighted by Crippen LogP contribution is 2.26. The molecule has 3 rings (SSSR count). The van der Waals surface area contributed by atoms with Crippen LogP contribution in [0.15, 0.2) is 48.5 Å². The topological polar surface area (TPSA) is 31.2 Å². The summed E-state index contributed by atoms with van der Waals surface area (Å²) in [5.74, 6) is -0.699. The molecule has 0 atom stereocenters. The van der Waals surface area contributed by atoms with E-state index in [-0.39, 0.29) is 11.8 Å². The molecule has 0 saturated heterocycles. The minimum Gasteiger partial charge on any atom is -0.461 e. The van der Waals surface area contributed by atoms with Gasteiger partial charge in [-0.3, -0.25) is 0 Å². The molecule has 1 heterocycles. The van der Waals surface area contributed by atoms with Crippen LogP contribution >= 0.6 is 0 Å². The van der Waals surface area contributed by atoms with E-state index in [1.807, 2.05) is 25.1 Å². The molecule has 0 aliphatic carbocycles. The molecule has 0 aliphatic heterocycles. The van der Waals surface area contributed by atoms with Crippen LogP contribution in [0.25, 0.3) is 16.6 Å². The number of benzene rings is 2. The summed E-state index contributed by atoms with van der Waals surface area (Å²) in [5.41, 5.74) is 3.15. The predicted octanol–water partition coefficient (Wildman–Crippen LogP) is 4.25. The summed E-state index contributed by atoms with van der Waals surface area (Å²) < 4.78 is 20.1. The van der Waals surface area contributed by atoms with Crippen molar-refractivity contribution >= 4 is 16.9 Å². The Bertz CT molecular complexity index is 834. The quantitative estimate of drug-likeness (QED) is 0.677. The van der Waals surface area contributed by atoms with Crippen LogP contribution in [0, 0.1) is 12.7 Å². The molecule has 0 saturated carbocycles. The Labute approximate surface area is 127 Å². The van der Waals surface area contributed by atoms with E-state index in [9.17, 15) is 9.18 Å². The van der Waals surface area contributed by atoms with Gasteiger partial charge in [-0.1, -0.05) is 12.1 Å². The summed E-state index contributed by atoms with van der Waals surface area (Å²) in [5, 5.41) is 0.943. The fourth-order valence-corrected chi connectivity index (χ4v) is 2.53. The number of fused-ring (bicyclic) bond motifs is 1. The van der Waals surface area contributed by atoms with E-state index in [0.717, 1.165) is 22.2 Å². The van der Waals surface area contributed by atoms with Crippen molar-refractivity contribution in [3.8, 4) is 5.69 Å². The van der Waals surface area contributed by atoms with Gasteiger partial charge in [-0.2, -0.15) is 0 Å². The predicted molar refractivity (Wildman–Crippen MR) is 83.9 cm³/mol. The third kappa shape index (κ3) is 2.48. The van der Waals surface area contributed by atoms with Gasteiger partial charge >= 0.3 is 5.97 Å². The van der Waals surface area contributed by atoms with Gasteiger partial charge in [-0.05, 0) is 55.8 Å². The molecule has 0 amide bonds. The van der Waals surface area contributed by atoms with E-state index >= 15 is 0 Å². The molecule has 1 aromatic heterocycles. The maximum atomic E-state index is 13.2. The molecule has 112 valence electrons. The van der Waals surface area contributed by atoms with E-state index in [1.165, 1.54) is 12.1 Å². The van der Waals surface area contributed by atoms with Gasteiger partial charge in [0, 0.05) is 11.1 Å². The lowest BCUT2D eigenvalue weighted by Gasteiger charge is -2.10. The third-order valence-electron chi connectivity index (χ3n) is 3.53. The maximum Gasteiger partial charge on any atom is 0.355 e. The molecule has 0 fully saturated rings. The average Bonchev–Trinajstić information content (AvgIpc) is 2.87. The van der Waals surface area contributed by atoms with E-state index in [0.29, 0.717) is 12.3 Å². The van der Waals surface area contributed by atoms with Crippen molar-refractivity contribution in [2.24, 2.45) is 0 Å². The van der Waals surface area contributed by atoms with Crippen LogP contribution in [0.5, 0.6) is 0 Å². The van der Waals surface area contributed by atoms with E-state index in [2.05, 4.69) is 0 Å². The molecule has 0 bridgehead atoms. The summed E-state index contributed by atoms with van der Waals surface area (Å²) in [6.45, 7) is 4.07. The Morgan fingerprint density at radius 2 is 1.86 bits per heavy atom. The van der Waals surface area contributed by atoms with Crippen molar-refractivity contribution in [1.29, 1.82) is 0 Å². The summed E-state index contributed by atoms with van der Waals surface area (Å²) in [4.78, 5) is 12.2. The normalized spacial score (nSPS) is 10.9. The lowest BCUT2D eigenvalue weighted by atomic mass is 10.2. The number of hydrogen-bond acceptors (Lipinski definition) is 2. The van der Waals surface area contributed by atoms with E-state index in [1.54, 1.807) is 29.7 Å². The number of ether oxygens (including phenoxy) is 1. The van der Waals surface area contributed by atoms with Gasteiger partial charge < -0.3 is 9.30 Å². The minimum absolute atomic E-state index is 0.308. The van der Waals surface area contributed by atoms with Gasteiger partial charge in [0.2, 0.25) is 0 Å². The van der Waals surface area contributed by atoms with Gasteiger partial charge in [-0.25, -0.2) is 9.18 Å². The number of carbonyl (C=O) groups excluding carboxylic acids is 1. The highest BCUT2D eigenvalue weighted by Gasteiger charge is 2.18. The second-order valence-corrected chi connectivity index (χ2v) is 5.12. The first kappa shape index (κ1) is 14.3. The van der Waals surface area contributed by atoms with Crippen LogP contribution in [-0.2, 0) is 4.74 Å². The monoisotopic (exact) mass is 297 g/mol. The van der Waals surface area contributed by atoms with Gasteiger partial charge in [0.05, 0.1) is 12.1 Å². The molecular weight excluding hydrogens is 281 g/mol. The van der Waals surface area contributed by atoms with Gasteiger partial charge in [-0.15, -0.1) is 0 Å². The van der Waals surface area contributed by atoms with Crippen LogP contribution in [0.1, 0.15) is 23.0 Å². The lowest BCUT2D eigenvalue weighted by Crippen LogP contribution is -2.11.